The van der Waals surface area contributed by atoms with Gasteiger partial charge >= 0.3 is 0 Å². The molecule has 0 saturated carbocycles. The summed E-state index contributed by atoms with van der Waals surface area (Å²) in [5.41, 5.74) is 4.35. The predicted molar refractivity (Wildman–Crippen MR) is 121 cm³/mol. The topological polar surface area (TPSA) is 41.6 Å². The van der Waals surface area contributed by atoms with Gasteiger partial charge in [0.05, 0.1) is 7.11 Å². The monoisotopic (exact) mass is 400 g/mol. The van der Waals surface area contributed by atoms with Gasteiger partial charge in [-0.1, -0.05) is 54.6 Å². The van der Waals surface area contributed by atoms with Crippen LogP contribution in [-0.2, 0) is 6.54 Å². The maximum absolute atomic E-state index is 12.5. The van der Waals surface area contributed by atoms with Crippen molar-refractivity contribution in [3.63, 3.8) is 0 Å². The van der Waals surface area contributed by atoms with Crippen LogP contribution in [0, 0.1) is 0 Å². The molecule has 0 aliphatic carbocycles. The van der Waals surface area contributed by atoms with Crippen LogP contribution < -0.4 is 10.1 Å². The van der Waals surface area contributed by atoms with Crippen LogP contribution >= 0.6 is 0 Å². The van der Waals surface area contributed by atoms with Crippen molar-refractivity contribution >= 4 is 5.91 Å². The van der Waals surface area contributed by atoms with Gasteiger partial charge in [-0.2, -0.15) is 0 Å². The molecule has 4 heteroatoms. The minimum atomic E-state index is 0.0186. The minimum Gasteiger partial charge on any atom is -0.497 e. The maximum atomic E-state index is 12.5. The second-order valence-corrected chi connectivity index (χ2v) is 7.84. The molecule has 4 nitrogen and oxygen atoms in total. The molecule has 3 aromatic rings. The second-order valence-electron chi connectivity index (χ2n) is 7.84. The Labute approximate surface area is 178 Å². The van der Waals surface area contributed by atoms with E-state index in [1.165, 1.54) is 11.1 Å². The SMILES string of the molecule is COc1cccc(-c2ccc(CN3CCCC(NC(=O)c4ccccc4)C3)cc2)c1. The van der Waals surface area contributed by atoms with E-state index in [1.807, 2.05) is 42.5 Å². The van der Waals surface area contributed by atoms with Crippen molar-refractivity contribution in [3.8, 4) is 16.9 Å². The molecule has 1 N–H and O–H groups in total. The number of nitrogens with zero attached hydrogens (tertiary/aromatic N) is 1. The van der Waals surface area contributed by atoms with Crippen LogP contribution in [0.15, 0.2) is 78.9 Å². The molecule has 1 aliphatic rings. The van der Waals surface area contributed by atoms with Gasteiger partial charge in [0, 0.05) is 24.7 Å². The van der Waals surface area contributed by atoms with Crippen LogP contribution in [-0.4, -0.2) is 37.0 Å². The summed E-state index contributed by atoms with van der Waals surface area (Å²) in [7, 11) is 1.69. The lowest BCUT2D eigenvalue weighted by Gasteiger charge is -2.33. The van der Waals surface area contributed by atoms with Crippen molar-refractivity contribution in [3.05, 3.63) is 90.0 Å². The fourth-order valence-electron chi connectivity index (χ4n) is 4.04. The average Bonchev–Trinajstić information content (AvgIpc) is 2.80. The molecule has 1 atom stereocenters. The van der Waals surface area contributed by atoms with Crippen LogP contribution in [0.25, 0.3) is 11.1 Å². The Morgan fingerprint density at radius 2 is 1.80 bits per heavy atom. The Balaban J connectivity index is 1.35. The zero-order valence-electron chi connectivity index (χ0n) is 17.4. The first-order valence-corrected chi connectivity index (χ1v) is 10.5. The first kappa shape index (κ1) is 20.2. The molecule has 30 heavy (non-hydrogen) atoms. The highest BCUT2D eigenvalue weighted by Crippen LogP contribution is 2.24. The number of piperidine rings is 1. The number of hydrogen-bond donors (Lipinski definition) is 1. The summed E-state index contributed by atoms with van der Waals surface area (Å²) in [5.74, 6) is 0.888. The van der Waals surface area contributed by atoms with Gasteiger partial charge in [-0.05, 0) is 60.3 Å². The molecular formula is C26H28N2O2. The molecule has 0 aromatic heterocycles. The number of hydrogen-bond acceptors (Lipinski definition) is 3. The lowest BCUT2D eigenvalue weighted by Crippen LogP contribution is -2.47. The average molecular weight is 401 g/mol. The molecule has 154 valence electrons. The van der Waals surface area contributed by atoms with Crippen LogP contribution in [0.4, 0.5) is 0 Å². The van der Waals surface area contributed by atoms with Gasteiger partial charge in [0.25, 0.3) is 5.91 Å². The number of nitrogens with one attached hydrogen (secondary N) is 1. The summed E-state index contributed by atoms with van der Waals surface area (Å²) in [6.45, 7) is 2.85. The summed E-state index contributed by atoms with van der Waals surface area (Å²) >= 11 is 0. The van der Waals surface area contributed by atoms with E-state index < -0.39 is 0 Å². The Morgan fingerprint density at radius 3 is 2.57 bits per heavy atom. The van der Waals surface area contributed by atoms with Crippen molar-refractivity contribution in [2.75, 3.05) is 20.2 Å². The zero-order chi connectivity index (χ0) is 20.8. The first-order chi connectivity index (χ1) is 14.7. The molecule has 0 radical (unpaired) electrons. The van der Waals surface area contributed by atoms with E-state index in [4.69, 9.17) is 4.74 Å². The molecule has 4 rings (SSSR count). The van der Waals surface area contributed by atoms with Crippen molar-refractivity contribution in [1.82, 2.24) is 10.2 Å². The molecule has 1 fully saturated rings. The Bertz CT molecular complexity index is 970. The Hall–Kier alpha value is -3.11. The van der Waals surface area contributed by atoms with E-state index in [1.54, 1.807) is 7.11 Å². The quantitative estimate of drug-likeness (QED) is 0.649. The van der Waals surface area contributed by atoms with Crippen LogP contribution in [0.5, 0.6) is 5.75 Å². The van der Waals surface area contributed by atoms with E-state index in [0.29, 0.717) is 0 Å². The maximum Gasteiger partial charge on any atom is 0.251 e. The van der Waals surface area contributed by atoms with E-state index in [9.17, 15) is 4.79 Å². The Morgan fingerprint density at radius 1 is 1.00 bits per heavy atom. The summed E-state index contributed by atoms with van der Waals surface area (Å²) in [6.07, 6.45) is 2.13. The van der Waals surface area contributed by atoms with Gasteiger partial charge in [-0.25, -0.2) is 0 Å². The van der Waals surface area contributed by atoms with Gasteiger partial charge in [0.1, 0.15) is 5.75 Å². The highest BCUT2D eigenvalue weighted by molar-refractivity contribution is 5.94. The molecule has 0 spiro atoms. The van der Waals surface area contributed by atoms with Gasteiger partial charge in [0.2, 0.25) is 0 Å². The molecular weight excluding hydrogens is 372 g/mol. The lowest BCUT2D eigenvalue weighted by atomic mass is 10.0. The van der Waals surface area contributed by atoms with Crippen molar-refractivity contribution in [1.29, 1.82) is 0 Å². The first-order valence-electron chi connectivity index (χ1n) is 10.5. The Kier molecular flexibility index (Phi) is 6.45. The van der Waals surface area contributed by atoms with Gasteiger partial charge in [-0.3, -0.25) is 9.69 Å². The lowest BCUT2D eigenvalue weighted by molar-refractivity contribution is 0.0901. The third-order valence-corrected chi connectivity index (χ3v) is 5.64. The number of ether oxygens (including phenoxy) is 1. The predicted octanol–water partition coefficient (Wildman–Crippen LogP) is 4.76. The number of rotatable bonds is 6. The van der Waals surface area contributed by atoms with Crippen LogP contribution in [0.3, 0.4) is 0 Å². The smallest absolute Gasteiger partial charge is 0.251 e. The molecule has 1 amide bonds. The molecule has 0 bridgehead atoms. The number of likely N-dealkylation sites (tertiary alicyclic amines) is 1. The highest BCUT2D eigenvalue weighted by Gasteiger charge is 2.21. The van der Waals surface area contributed by atoms with Crippen molar-refractivity contribution < 1.29 is 9.53 Å². The van der Waals surface area contributed by atoms with Crippen LogP contribution in [0.1, 0.15) is 28.8 Å². The third-order valence-electron chi connectivity index (χ3n) is 5.64. The van der Waals surface area contributed by atoms with E-state index in [-0.39, 0.29) is 11.9 Å². The second kappa shape index (κ2) is 9.59. The van der Waals surface area contributed by atoms with E-state index in [0.717, 1.165) is 49.4 Å². The summed E-state index contributed by atoms with van der Waals surface area (Å²) in [4.78, 5) is 14.9. The molecule has 1 saturated heterocycles. The molecule has 1 unspecified atom stereocenters. The number of amides is 1. The summed E-state index contributed by atoms with van der Waals surface area (Å²) < 4.78 is 5.33. The van der Waals surface area contributed by atoms with Crippen molar-refractivity contribution in [2.24, 2.45) is 0 Å². The van der Waals surface area contributed by atoms with Crippen LogP contribution in [0.2, 0.25) is 0 Å². The summed E-state index contributed by atoms with van der Waals surface area (Å²) in [6, 6.07) is 26.5. The largest absolute Gasteiger partial charge is 0.497 e. The van der Waals surface area contributed by atoms with Gasteiger partial charge in [0.15, 0.2) is 0 Å². The third kappa shape index (κ3) is 5.08. The van der Waals surface area contributed by atoms with Gasteiger partial charge in [-0.15, -0.1) is 0 Å². The molecule has 1 heterocycles. The molecule has 3 aromatic carbocycles. The zero-order valence-corrected chi connectivity index (χ0v) is 17.4. The van der Waals surface area contributed by atoms with Gasteiger partial charge < -0.3 is 10.1 Å². The number of methoxy groups -OCH3 is 1. The standard InChI is InChI=1S/C26H28N2O2/c1-30-25-11-5-9-23(17-25)21-14-12-20(13-15-21)18-28-16-6-10-24(19-28)27-26(29)22-7-3-2-4-8-22/h2-5,7-9,11-15,17,24H,6,10,16,18-19H2,1H3,(H,27,29). The summed E-state index contributed by atoms with van der Waals surface area (Å²) in [5, 5.41) is 3.20. The van der Waals surface area contributed by atoms with Crippen molar-refractivity contribution in [2.45, 2.75) is 25.4 Å². The van der Waals surface area contributed by atoms with E-state index in [2.05, 4.69) is 46.6 Å². The molecule has 1 aliphatic heterocycles. The van der Waals surface area contributed by atoms with E-state index >= 15 is 0 Å². The fourth-order valence-corrected chi connectivity index (χ4v) is 4.04. The highest BCUT2D eigenvalue weighted by atomic mass is 16.5. The number of benzene rings is 3. The number of carbonyl (C=O) groups excluding carboxylic acids is 1. The number of carbonyl (C=O) groups is 1. The fraction of sp³-hybridized carbons (Fsp3) is 0.269. The normalized spacial score (nSPS) is 16.8. The minimum absolute atomic E-state index is 0.0186.